The van der Waals surface area contributed by atoms with E-state index in [0.29, 0.717) is 6.54 Å². The van der Waals surface area contributed by atoms with Crippen LogP contribution in [0.5, 0.6) is 0 Å². The molecule has 4 aromatic rings. The van der Waals surface area contributed by atoms with E-state index in [0.717, 1.165) is 55.6 Å². The lowest BCUT2D eigenvalue weighted by Gasteiger charge is -2.18. The smallest absolute Gasteiger partial charge is 0.238 e. The Morgan fingerprint density at radius 3 is 1.87 bits per heavy atom. The Morgan fingerprint density at radius 2 is 1.31 bits per heavy atom. The molecule has 0 atom stereocenters. The molecule has 0 spiro atoms. The van der Waals surface area contributed by atoms with Crippen LogP contribution in [0.2, 0.25) is 0 Å². The monoisotopic (exact) mass is 517 g/mol. The van der Waals surface area contributed by atoms with E-state index in [2.05, 4.69) is 95.3 Å². The van der Waals surface area contributed by atoms with E-state index in [1.54, 1.807) is 0 Å². The second kappa shape index (κ2) is 12.3. The Balaban J connectivity index is 1.41. The first kappa shape index (κ1) is 26.7. The minimum Gasteiger partial charge on any atom is -0.388 e. The zero-order chi connectivity index (χ0) is 27.2. The highest BCUT2D eigenvalue weighted by Crippen LogP contribution is 2.33. The zero-order valence-corrected chi connectivity index (χ0v) is 23.4. The summed E-state index contributed by atoms with van der Waals surface area (Å²) in [4.78, 5) is 14.7. The Kier molecular flexibility index (Phi) is 8.43. The average molecular weight is 518 g/mol. The lowest BCUT2D eigenvalue weighted by atomic mass is 9.87. The van der Waals surface area contributed by atoms with Crippen molar-refractivity contribution in [2.24, 2.45) is 0 Å². The van der Waals surface area contributed by atoms with Crippen molar-refractivity contribution in [1.29, 1.82) is 0 Å². The maximum atomic E-state index is 12.6. The van der Waals surface area contributed by atoms with Crippen LogP contribution >= 0.6 is 0 Å². The topological polar surface area (TPSA) is 44.4 Å². The van der Waals surface area contributed by atoms with Crippen LogP contribution in [0.15, 0.2) is 84.9 Å². The molecule has 4 nitrogen and oxygen atoms in total. The van der Waals surface area contributed by atoms with Crippen LogP contribution < -0.4 is 10.6 Å². The number of amides is 1. The molecule has 0 unspecified atom stereocenters. The summed E-state index contributed by atoms with van der Waals surface area (Å²) in [5.41, 5.74) is 12.4. The molecule has 4 aliphatic rings. The predicted molar refractivity (Wildman–Crippen MR) is 165 cm³/mol. The second-order valence-corrected chi connectivity index (χ2v) is 10.7. The van der Waals surface area contributed by atoms with E-state index >= 15 is 0 Å². The molecule has 2 N–H and O–H groups in total. The quantitative estimate of drug-likeness (QED) is 0.259. The molecule has 0 saturated carbocycles. The van der Waals surface area contributed by atoms with Gasteiger partial charge in [-0.1, -0.05) is 67.6 Å². The molecule has 0 aliphatic heterocycles. The van der Waals surface area contributed by atoms with Gasteiger partial charge in [-0.05, 0) is 114 Å². The summed E-state index contributed by atoms with van der Waals surface area (Å²) in [6.07, 6.45) is 4.94. The van der Waals surface area contributed by atoms with Gasteiger partial charge in [0.1, 0.15) is 0 Å². The van der Waals surface area contributed by atoms with Crippen molar-refractivity contribution >= 4 is 17.3 Å². The van der Waals surface area contributed by atoms with E-state index in [4.69, 9.17) is 0 Å². The minimum atomic E-state index is 0.0262. The molecule has 1 amide bonds. The summed E-state index contributed by atoms with van der Waals surface area (Å²) < 4.78 is 0. The van der Waals surface area contributed by atoms with E-state index in [1.165, 1.54) is 38.9 Å². The number of aryl methyl sites for hydroxylation is 4. The van der Waals surface area contributed by atoms with Gasteiger partial charge >= 0.3 is 0 Å². The van der Waals surface area contributed by atoms with E-state index < -0.39 is 0 Å². The number of nitrogens with one attached hydrogen (secondary N) is 2. The van der Waals surface area contributed by atoms with Gasteiger partial charge in [-0.2, -0.15) is 0 Å². The number of benzene rings is 4. The normalized spacial score (nSPS) is 12.7. The fourth-order valence-corrected chi connectivity index (χ4v) is 5.60. The summed E-state index contributed by atoms with van der Waals surface area (Å²) in [5.74, 6) is 0.0262. The van der Waals surface area contributed by atoms with Crippen molar-refractivity contribution in [3.63, 3.8) is 0 Å². The summed E-state index contributed by atoms with van der Waals surface area (Å²) >= 11 is 0. The molecule has 4 heteroatoms. The van der Waals surface area contributed by atoms with Crippen molar-refractivity contribution in [3.8, 4) is 22.3 Å². The first-order valence-corrected chi connectivity index (χ1v) is 14.1. The van der Waals surface area contributed by atoms with Gasteiger partial charge in [0, 0.05) is 18.4 Å². The molecule has 0 radical (unpaired) electrons. The van der Waals surface area contributed by atoms with Gasteiger partial charge < -0.3 is 10.6 Å². The number of nitrogens with zero attached hydrogens (tertiary/aromatic N) is 1. The Bertz CT molecular complexity index is 1460. The van der Waals surface area contributed by atoms with Gasteiger partial charge in [0.2, 0.25) is 5.91 Å². The largest absolute Gasteiger partial charge is 0.388 e. The molecule has 4 aliphatic carbocycles. The number of hydrogen-bond acceptors (Lipinski definition) is 3. The molecule has 0 heterocycles. The highest BCUT2D eigenvalue weighted by atomic mass is 16.2. The Hall–Kier alpha value is -3.89. The van der Waals surface area contributed by atoms with E-state index in [-0.39, 0.29) is 5.91 Å². The highest BCUT2D eigenvalue weighted by molar-refractivity contribution is 5.93. The summed E-state index contributed by atoms with van der Waals surface area (Å²) in [6, 6.07) is 31.0. The number of anilines is 2. The van der Waals surface area contributed by atoms with Crippen LogP contribution in [0.1, 0.15) is 35.6 Å². The van der Waals surface area contributed by atoms with E-state index in [9.17, 15) is 4.79 Å². The first-order chi connectivity index (χ1) is 19.0. The zero-order valence-electron chi connectivity index (χ0n) is 23.4. The SMILES string of the molecule is CCCN(C)CC(=O)Nc1cccc(-c2cc3ccc2CCc2ccc(c(-c4cccc(NC)c4)c2)CC3)c1. The molecule has 0 fully saturated rings. The number of carbonyl (C=O) groups excluding carboxylic acids is 1. The lowest BCUT2D eigenvalue weighted by molar-refractivity contribution is -0.117. The molecule has 0 saturated heterocycles. The predicted octanol–water partition coefficient (Wildman–Crippen LogP) is 7.23. The molecule has 200 valence electrons. The summed E-state index contributed by atoms with van der Waals surface area (Å²) in [7, 11) is 3.96. The van der Waals surface area contributed by atoms with Crippen molar-refractivity contribution < 1.29 is 4.79 Å². The fourth-order valence-electron chi connectivity index (χ4n) is 5.60. The highest BCUT2D eigenvalue weighted by Gasteiger charge is 2.14. The molecule has 4 aromatic carbocycles. The molecular formula is C35H39N3O. The van der Waals surface area contributed by atoms with Gasteiger partial charge in [-0.15, -0.1) is 0 Å². The lowest BCUT2D eigenvalue weighted by Crippen LogP contribution is -2.30. The third-order valence-corrected chi connectivity index (χ3v) is 7.65. The van der Waals surface area contributed by atoms with Crippen LogP contribution in [0, 0.1) is 0 Å². The first-order valence-electron chi connectivity index (χ1n) is 14.1. The third kappa shape index (κ3) is 6.58. The van der Waals surface area contributed by atoms with Crippen LogP contribution in [0.25, 0.3) is 22.3 Å². The average Bonchev–Trinajstić information content (AvgIpc) is 2.94. The van der Waals surface area contributed by atoms with Crippen molar-refractivity contribution in [1.82, 2.24) is 4.90 Å². The number of hydrogen-bond donors (Lipinski definition) is 2. The van der Waals surface area contributed by atoms with Crippen molar-refractivity contribution in [2.75, 3.05) is 37.8 Å². The van der Waals surface area contributed by atoms with Gasteiger partial charge in [0.05, 0.1) is 6.54 Å². The number of carbonyl (C=O) groups is 1. The third-order valence-electron chi connectivity index (χ3n) is 7.65. The fraction of sp³-hybridized carbons (Fsp3) is 0.286. The molecule has 39 heavy (non-hydrogen) atoms. The van der Waals surface area contributed by atoms with Gasteiger partial charge in [-0.3, -0.25) is 9.69 Å². The standard InChI is InChI=1S/C35H39N3O/c1-4-19-38(3)24-35(39)37-32-10-6-8-30(23-32)34-21-26-12-16-27-15-11-25(13-17-28(34)18-14-26)20-33(27)29-7-5-9-31(22-29)36-2/h5-11,14-15,18,20-23,36H,4,12-13,16-17,19,24H2,1-3H3,(H,37,39). The number of rotatable bonds is 8. The second-order valence-electron chi connectivity index (χ2n) is 10.7. The van der Waals surface area contributed by atoms with Gasteiger partial charge in [0.25, 0.3) is 0 Å². The Morgan fingerprint density at radius 1 is 0.744 bits per heavy atom. The van der Waals surface area contributed by atoms with Crippen molar-refractivity contribution in [3.05, 3.63) is 107 Å². The molecule has 0 aromatic heterocycles. The minimum absolute atomic E-state index is 0.0262. The van der Waals surface area contributed by atoms with Crippen LogP contribution in [0.3, 0.4) is 0 Å². The maximum absolute atomic E-state index is 12.6. The number of likely N-dealkylation sites (N-methyl/N-ethyl adjacent to an activating group) is 1. The maximum Gasteiger partial charge on any atom is 0.238 e. The van der Waals surface area contributed by atoms with Crippen LogP contribution in [-0.4, -0.2) is 38.0 Å². The van der Waals surface area contributed by atoms with Crippen LogP contribution in [0.4, 0.5) is 11.4 Å². The van der Waals surface area contributed by atoms with Crippen molar-refractivity contribution in [2.45, 2.75) is 39.0 Å². The summed E-state index contributed by atoms with van der Waals surface area (Å²) in [6.45, 7) is 3.44. The van der Waals surface area contributed by atoms with Gasteiger partial charge in [0.15, 0.2) is 0 Å². The van der Waals surface area contributed by atoms with E-state index in [1.807, 2.05) is 26.2 Å². The molecular weight excluding hydrogens is 478 g/mol. The van der Waals surface area contributed by atoms with Gasteiger partial charge in [-0.25, -0.2) is 0 Å². The molecule has 4 bridgehead atoms. The Labute approximate surface area is 233 Å². The summed E-state index contributed by atoms with van der Waals surface area (Å²) in [5, 5.41) is 6.38. The van der Waals surface area contributed by atoms with Crippen LogP contribution in [-0.2, 0) is 30.5 Å². The molecule has 8 rings (SSSR count).